The zero-order chi connectivity index (χ0) is 22.5. The van der Waals surface area contributed by atoms with Crippen molar-refractivity contribution in [1.82, 2.24) is 5.32 Å². The van der Waals surface area contributed by atoms with Gasteiger partial charge in [-0.15, -0.1) is 0 Å². The van der Waals surface area contributed by atoms with Crippen LogP contribution in [0.5, 0.6) is 0 Å². The molecule has 0 bridgehead atoms. The van der Waals surface area contributed by atoms with E-state index < -0.39 is 16.1 Å². The van der Waals surface area contributed by atoms with Crippen molar-refractivity contribution in [1.29, 1.82) is 0 Å². The van der Waals surface area contributed by atoms with Crippen LogP contribution in [0.4, 0.5) is 5.69 Å². The lowest BCUT2D eigenvalue weighted by Gasteiger charge is -2.31. The number of hydrogen-bond donors (Lipinski definition) is 1. The molecule has 0 aromatic heterocycles. The van der Waals surface area contributed by atoms with Gasteiger partial charge in [-0.1, -0.05) is 51.1 Å². The van der Waals surface area contributed by atoms with Crippen LogP contribution in [0.2, 0.25) is 0 Å². The number of amides is 1. The maximum absolute atomic E-state index is 13.1. The molecule has 1 atom stereocenters. The van der Waals surface area contributed by atoms with Crippen LogP contribution < -0.4 is 9.62 Å². The van der Waals surface area contributed by atoms with Gasteiger partial charge in [0, 0.05) is 6.54 Å². The van der Waals surface area contributed by atoms with Crippen molar-refractivity contribution in [2.24, 2.45) is 0 Å². The van der Waals surface area contributed by atoms with E-state index in [-0.39, 0.29) is 5.91 Å². The van der Waals surface area contributed by atoms with Gasteiger partial charge < -0.3 is 5.32 Å². The van der Waals surface area contributed by atoms with Crippen molar-refractivity contribution in [3.63, 3.8) is 0 Å². The minimum Gasteiger partial charge on any atom is -0.350 e. The summed E-state index contributed by atoms with van der Waals surface area (Å²) < 4.78 is 26.7. The van der Waals surface area contributed by atoms with Crippen molar-refractivity contribution in [2.45, 2.75) is 66.5 Å². The lowest BCUT2D eigenvalue weighted by atomic mass is 10.0. The smallest absolute Gasteiger partial charge is 0.244 e. The van der Waals surface area contributed by atoms with Gasteiger partial charge in [0.25, 0.3) is 0 Å². The minimum atomic E-state index is -3.65. The maximum atomic E-state index is 13.1. The topological polar surface area (TPSA) is 66.5 Å². The predicted molar refractivity (Wildman–Crippen MR) is 124 cm³/mol. The fourth-order valence-corrected chi connectivity index (χ4v) is 4.96. The van der Waals surface area contributed by atoms with E-state index in [4.69, 9.17) is 0 Å². The zero-order valence-corrected chi connectivity index (χ0v) is 19.8. The highest BCUT2D eigenvalue weighted by molar-refractivity contribution is 7.92. The van der Waals surface area contributed by atoms with Crippen LogP contribution in [-0.4, -0.2) is 26.6 Å². The molecule has 0 spiro atoms. The third kappa shape index (κ3) is 5.63. The summed E-state index contributed by atoms with van der Waals surface area (Å²) in [7, 11) is -3.65. The molecule has 1 N–H and O–H groups in total. The Kier molecular flexibility index (Phi) is 8.07. The normalized spacial score (nSPS) is 12.5. The summed E-state index contributed by atoms with van der Waals surface area (Å²) in [6.07, 6.45) is 3.34. The van der Waals surface area contributed by atoms with Crippen molar-refractivity contribution >= 4 is 21.6 Å². The SMILES string of the molecule is CCc1ccc(CC)c(CNC(=O)[C@@H](CC)N(c2cc(C)ccc2C)S(C)(=O)=O)c1. The molecular formula is C24H34N2O3S. The molecule has 0 saturated heterocycles. The number of anilines is 1. The van der Waals surface area contributed by atoms with Gasteiger partial charge in [-0.25, -0.2) is 8.42 Å². The first-order valence-corrected chi connectivity index (χ1v) is 12.4. The summed E-state index contributed by atoms with van der Waals surface area (Å²) in [4.78, 5) is 13.1. The summed E-state index contributed by atoms with van der Waals surface area (Å²) >= 11 is 0. The standard InChI is InChI=1S/C24H34N2O3S/c1-7-19-12-13-20(8-2)21(15-19)16-25-24(27)22(9-3)26(30(6,28)29)23-14-17(4)10-11-18(23)5/h10-15,22H,7-9,16H2,1-6H3,(H,25,27)/t22-/m1/s1. The fraction of sp³-hybridized carbons (Fsp3) is 0.458. The molecule has 0 aliphatic heterocycles. The molecule has 5 nitrogen and oxygen atoms in total. The highest BCUT2D eigenvalue weighted by Gasteiger charge is 2.32. The first-order valence-electron chi connectivity index (χ1n) is 10.6. The van der Waals surface area contributed by atoms with Crippen LogP contribution in [0, 0.1) is 13.8 Å². The van der Waals surface area contributed by atoms with Crippen LogP contribution in [0.1, 0.15) is 55.0 Å². The summed E-state index contributed by atoms with van der Waals surface area (Å²) in [5, 5.41) is 2.99. The van der Waals surface area contributed by atoms with E-state index in [2.05, 4.69) is 37.4 Å². The Labute approximate surface area is 181 Å². The Hall–Kier alpha value is -2.34. The Morgan fingerprint density at radius 2 is 1.70 bits per heavy atom. The summed E-state index contributed by atoms with van der Waals surface area (Å²) in [6.45, 7) is 10.2. The number of benzene rings is 2. The van der Waals surface area contributed by atoms with E-state index in [0.29, 0.717) is 18.7 Å². The molecule has 1 amide bonds. The van der Waals surface area contributed by atoms with Gasteiger partial charge in [0.05, 0.1) is 11.9 Å². The van der Waals surface area contributed by atoms with E-state index in [1.54, 1.807) is 0 Å². The van der Waals surface area contributed by atoms with E-state index >= 15 is 0 Å². The molecule has 0 heterocycles. The van der Waals surface area contributed by atoms with Crippen LogP contribution in [-0.2, 0) is 34.2 Å². The third-order valence-electron chi connectivity index (χ3n) is 5.44. The molecular weight excluding hydrogens is 396 g/mol. The number of nitrogens with zero attached hydrogens (tertiary/aromatic N) is 1. The quantitative estimate of drug-likeness (QED) is 0.645. The summed E-state index contributed by atoms with van der Waals surface area (Å²) in [6, 6.07) is 11.2. The van der Waals surface area contributed by atoms with Gasteiger partial charge in [0.1, 0.15) is 6.04 Å². The molecule has 2 aromatic carbocycles. The number of sulfonamides is 1. The molecule has 0 unspecified atom stereocenters. The predicted octanol–water partition coefficient (Wildman–Crippen LogP) is 4.29. The molecule has 2 rings (SSSR count). The number of carbonyl (C=O) groups excluding carboxylic acids is 1. The number of carbonyl (C=O) groups is 1. The van der Waals surface area contributed by atoms with Crippen molar-refractivity contribution in [3.05, 3.63) is 64.2 Å². The molecule has 30 heavy (non-hydrogen) atoms. The Balaban J connectivity index is 2.34. The first-order chi connectivity index (χ1) is 14.1. The van der Waals surface area contributed by atoms with Gasteiger partial charge in [-0.05, 0) is 67.0 Å². The molecule has 0 fully saturated rings. The molecule has 2 aromatic rings. The zero-order valence-electron chi connectivity index (χ0n) is 19.0. The van der Waals surface area contributed by atoms with E-state index in [1.165, 1.54) is 15.4 Å². The second kappa shape index (κ2) is 10.1. The molecule has 164 valence electrons. The van der Waals surface area contributed by atoms with Crippen LogP contribution in [0.25, 0.3) is 0 Å². The Bertz CT molecular complexity index is 1000. The Morgan fingerprint density at radius 1 is 1.00 bits per heavy atom. The van der Waals surface area contributed by atoms with E-state index in [0.717, 1.165) is 35.8 Å². The monoisotopic (exact) mass is 430 g/mol. The molecule has 6 heteroatoms. The van der Waals surface area contributed by atoms with Crippen molar-refractivity contribution in [2.75, 3.05) is 10.6 Å². The number of hydrogen-bond acceptors (Lipinski definition) is 3. The number of rotatable bonds is 9. The average Bonchev–Trinajstić information content (AvgIpc) is 2.70. The van der Waals surface area contributed by atoms with Gasteiger partial charge >= 0.3 is 0 Å². The Morgan fingerprint density at radius 3 is 2.27 bits per heavy atom. The summed E-state index contributed by atoms with van der Waals surface area (Å²) in [5.74, 6) is -0.284. The maximum Gasteiger partial charge on any atom is 0.244 e. The molecule has 0 saturated carbocycles. The van der Waals surface area contributed by atoms with E-state index in [1.807, 2.05) is 39.0 Å². The van der Waals surface area contributed by atoms with Gasteiger partial charge in [0.2, 0.25) is 15.9 Å². The molecule has 0 aliphatic rings. The van der Waals surface area contributed by atoms with Crippen LogP contribution in [0.15, 0.2) is 36.4 Å². The first kappa shape index (κ1) is 23.9. The second-order valence-corrected chi connectivity index (χ2v) is 9.66. The number of aryl methyl sites for hydroxylation is 4. The summed E-state index contributed by atoms with van der Waals surface area (Å²) in [5.41, 5.74) is 5.82. The van der Waals surface area contributed by atoms with Gasteiger partial charge in [0.15, 0.2) is 0 Å². The van der Waals surface area contributed by atoms with Crippen molar-refractivity contribution < 1.29 is 13.2 Å². The van der Waals surface area contributed by atoms with Crippen LogP contribution in [0.3, 0.4) is 0 Å². The minimum absolute atomic E-state index is 0.284. The van der Waals surface area contributed by atoms with Crippen molar-refractivity contribution in [3.8, 4) is 0 Å². The molecule has 0 radical (unpaired) electrons. The largest absolute Gasteiger partial charge is 0.350 e. The van der Waals surface area contributed by atoms with Crippen LogP contribution >= 0.6 is 0 Å². The highest BCUT2D eigenvalue weighted by atomic mass is 32.2. The number of nitrogens with one attached hydrogen (secondary N) is 1. The highest BCUT2D eigenvalue weighted by Crippen LogP contribution is 2.27. The van der Waals surface area contributed by atoms with E-state index in [9.17, 15) is 13.2 Å². The molecule has 0 aliphatic carbocycles. The van der Waals surface area contributed by atoms with Gasteiger partial charge in [-0.2, -0.15) is 0 Å². The second-order valence-electron chi connectivity index (χ2n) is 7.80. The fourth-order valence-electron chi connectivity index (χ4n) is 3.70. The average molecular weight is 431 g/mol. The lowest BCUT2D eigenvalue weighted by molar-refractivity contribution is -0.122. The lowest BCUT2D eigenvalue weighted by Crippen LogP contribution is -2.49. The van der Waals surface area contributed by atoms with Gasteiger partial charge in [-0.3, -0.25) is 9.10 Å². The third-order valence-corrected chi connectivity index (χ3v) is 6.61.